The second-order valence-corrected chi connectivity index (χ2v) is 11.8. The first-order chi connectivity index (χ1) is 23.3. The zero-order chi connectivity index (χ0) is 31.2. The van der Waals surface area contributed by atoms with Crippen molar-refractivity contribution in [1.82, 2.24) is 9.97 Å². The van der Waals surface area contributed by atoms with E-state index in [9.17, 15) is 0 Å². The van der Waals surface area contributed by atoms with E-state index in [2.05, 4.69) is 133 Å². The van der Waals surface area contributed by atoms with E-state index in [4.69, 9.17) is 14.4 Å². The largest absolute Gasteiger partial charge is 0.456 e. The van der Waals surface area contributed by atoms with Crippen LogP contribution >= 0.6 is 0 Å². The van der Waals surface area contributed by atoms with Gasteiger partial charge >= 0.3 is 0 Å². The van der Waals surface area contributed by atoms with Crippen LogP contribution in [0.4, 0.5) is 0 Å². The molecular weight excluding hydrogens is 572 g/mol. The number of hydrogen-bond acceptors (Lipinski definition) is 3. The van der Waals surface area contributed by atoms with Crippen LogP contribution < -0.4 is 0 Å². The Hall–Kier alpha value is -6.32. The van der Waals surface area contributed by atoms with Crippen molar-refractivity contribution in [2.24, 2.45) is 0 Å². The van der Waals surface area contributed by atoms with E-state index in [0.717, 1.165) is 72.3 Å². The molecule has 0 saturated heterocycles. The quantitative estimate of drug-likeness (QED) is 0.197. The van der Waals surface area contributed by atoms with Gasteiger partial charge in [0.15, 0.2) is 5.82 Å². The van der Waals surface area contributed by atoms with Crippen LogP contribution in [0, 0.1) is 0 Å². The van der Waals surface area contributed by atoms with Crippen LogP contribution in [0.1, 0.15) is 0 Å². The van der Waals surface area contributed by atoms with Crippen LogP contribution in [-0.2, 0) is 0 Å². The molecule has 0 unspecified atom stereocenters. The Morgan fingerprint density at radius 2 is 0.957 bits per heavy atom. The van der Waals surface area contributed by atoms with E-state index >= 15 is 0 Å². The molecule has 220 valence electrons. The lowest BCUT2D eigenvalue weighted by molar-refractivity contribution is 0.669. The van der Waals surface area contributed by atoms with Crippen molar-refractivity contribution in [3.63, 3.8) is 0 Å². The predicted octanol–water partition coefficient (Wildman–Crippen LogP) is 11.9. The fourth-order valence-electron chi connectivity index (χ4n) is 6.60. The first-order valence-electron chi connectivity index (χ1n) is 15.8. The molecule has 0 bridgehead atoms. The second kappa shape index (κ2) is 11.2. The summed E-state index contributed by atoms with van der Waals surface area (Å²) in [6.07, 6.45) is 0. The Morgan fingerprint density at radius 1 is 0.362 bits per heavy atom. The number of nitrogens with zero attached hydrogens (tertiary/aromatic N) is 2. The number of rotatable bonds is 5. The van der Waals surface area contributed by atoms with Crippen LogP contribution in [0.2, 0.25) is 0 Å². The van der Waals surface area contributed by atoms with Gasteiger partial charge in [-0.3, -0.25) is 0 Å². The molecule has 3 nitrogen and oxygen atoms in total. The molecule has 0 spiro atoms. The molecule has 0 N–H and O–H groups in total. The fourth-order valence-corrected chi connectivity index (χ4v) is 6.60. The molecule has 9 aromatic rings. The fraction of sp³-hybridized carbons (Fsp3) is 0. The third-order valence-electron chi connectivity index (χ3n) is 8.88. The first-order valence-corrected chi connectivity index (χ1v) is 15.8. The van der Waals surface area contributed by atoms with E-state index in [0.29, 0.717) is 5.82 Å². The van der Waals surface area contributed by atoms with Crippen LogP contribution in [-0.4, -0.2) is 9.97 Å². The summed E-state index contributed by atoms with van der Waals surface area (Å²) in [7, 11) is 0. The summed E-state index contributed by atoms with van der Waals surface area (Å²) in [5.41, 5.74) is 11.0. The maximum atomic E-state index is 6.42. The Kier molecular flexibility index (Phi) is 6.46. The normalized spacial score (nSPS) is 11.4. The van der Waals surface area contributed by atoms with Gasteiger partial charge in [0, 0.05) is 27.5 Å². The average Bonchev–Trinajstić information content (AvgIpc) is 3.52. The van der Waals surface area contributed by atoms with Gasteiger partial charge in [0.05, 0.1) is 11.4 Å². The summed E-state index contributed by atoms with van der Waals surface area (Å²) in [6.45, 7) is 0. The van der Waals surface area contributed by atoms with Crippen molar-refractivity contribution >= 4 is 32.7 Å². The Balaban J connectivity index is 1.28. The van der Waals surface area contributed by atoms with Gasteiger partial charge in [-0.25, -0.2) is 9.97 Å². The summed E-state index contributed by atoms with van der Waals surface area (Å²) >= 11 is 0. The maximum absolute atomic E-state index is 6.42. The number of hydrogen-bond donors (Lipinski definition) is 0. The SMILES string of the molecule is c1ccc(-c2cc(-c3ccccc3)nc(-c3ccc(-c4cccc5oc6cc7ccccc7cc6c45)cc3-c3ccccc3)n2)cc1. The zero-order valence-electron chi connectivity index (χ0n) is 25.5. The molecule has 0 saturated carbocycles. The highest BCUT2D eigenvalue weighted by Gasteiger charge is 2.18. The van der Waals surface area contributed by atoms with Gasteiger partial charge < -0.3 is 4.42 Å². The molecule has 2 heterocycles. The number of furan rings is 1. The van der Waals surface area contributed by atoms with Gasteiger partial charge in [0.1, 0.15) is 11.2 Å². The number of fused-ring (bicyclic) bond motifs is 4. The van der Waals surface area contributed by atoms with Gasteiger partial charge in [0.2, 0.25) is 0 Å². The minimum Gasteiger partial charge on any atom is -0.456 e. The molecule has 9 rings (SSSR count). The van der Waals surface area contributed by atoms with Crippen molar-refractivity contribution < 1.29 is 4.42 Å². The van der Waals surface area contributed by atoms with E-state index in [1.165, 1.54) is 10.8 Å². The first kappa shape index (κ1) is 27.0. The van der Waals surface area contributed by atoms with Crippen molar-refractivity contribution in [2.75, 3.05) is 0 Å². The third-order valence-corrected chi connectivity index (χ3v) is 8.88. The lowest BCUT2D eigenvalue weighted by Gasteiger charge is -2.15. The third kappa shape index (κ3) is 4.86. The van der Waals surface area contributed by atoms with E-state index in [-0.39, 0.29) is 0 Å². The van der Waals surface area contributed by atoms with Crippen LogP contribution in [0.3, 0.4) is 0 Å². The number of aromatic nitrogens is 2. The molecule has 0 amide bonds. The highest BCUT2D eigenvalue weighted by atomic mass is 16.3. The Morgan fingerprint density at radius 3 is 1.62 bits per heavy atom. The highest BCUT2D eigenvalue weighted by Crippen LogP contribution is 2.41. The van der Waals surface area contributed by atoms with Crippen molar-refractivity contribution in [1.29, 1.82) is 0 Å². The van der Waals surface area contributed by atoms with Crippen LogP contribution in [0.15, 0.2) is 174 Å². The Labute approximate surface area is 272 Å². The van der Waals surface area contributed by atoms with Gasteiger partial charge in [-0.15, -0.1) is 0 Å². The van der Waals surface area contributed by atoms with Gasteiger partial charge in [0.25, 0.3) is 0 Å². The number of benzene rings is 7. The minimum atomic E-state index is 0.689. The molecular formula is C44H28N2O. The van der Waals surface area contributed by atoms with Gasteiger partial charge in [-0.2, -0.15) is 0 Å². The lowest BCUT2D eigenvalue weighted by atomic mass is 9.92. The van der Waals surface area contributed by atoms with Crippen molar-refractivity contribution in [2.45, 2.75) is 0 Å². The molecule has 0 radical (unpaired) electrons. The van der Waals surface area contributed by atoms with Crippen LogP contribution in [0.5, 0.6) is 0 Å². The van der Waals surface area contributed by atoms with Crippen molar-refractivity contribution in [3.05, 3.63) is 170 Å². The molecule has 7 aromatic carbocycles. The molecule has 47 heavy (non-hydrogen) atoms. The zero-order valence-corrected chi connectivity index (χ0v) is 25.5. The summed E-state index contributed by atoms with van der Waals surface area (Å²) in [5, 5.41) is 4.60. The molecule has 0 fully saturated rings. The predicted molar refractivity (Wildman–Crippen MR) is 194 cm³/mol. The smallest absolute Gasteiger partial charge is 0.161 e. The standard InChI is InChI=1S/C44H28N2O/c1-4-13-29(14-5-1)37-26-34(35-21-12-22-41-43(35)38-25-32-19-10-11-20-33(32)27-42(38)47-41)23-24-36(37)44-45-39(30-15-6-2-7-16-30)28-40(46-44)31-17-8-3-9-18-31/h1-28H. The van der Waals surface area contributed by atoms with E-state index in [1.54, 1.807) is 0 Å². The summed E-state index contributed by atoms with van der Waals surface area (Å²) in [5.74, 6) is 0.689. The monoisotopic (exact) mass is 600 g/mol. The average molecular weight is 601 g/mol. The Bertz CT molecular complexity index is 2500. The summed E-state index contributed by atoms with van der Waals surface area (Å²) < 4.78 is 6.42. The second-order valence-electron chi connectivity index (χ2n) is 11.8. The maximum Gasteiger partial charge on any atom is 0.161 e. The van der Waals surface area contributed by atoms with Gasteiger partial charge in [-0.05, 0) is 69.4 Å². The molecule has 3 heteroatoms. The van der Waals surface area contributed by atoms with Crippen LogP contribution in [0.25, 0.3) is 88.9 Å². The lowest BCUT2D eigenvalue weighted by Crippen LogP contribution is -1.98. The molecule has 0 aliphatic rings. The van der Waals surface area contributed by atoms with E-state index in [1.807, 2.05) is 36.4 Å². The molecule has 0 aliphatic heterocycles. The molecule has 0 atom stereocenters. The topological polar surface area (TPSA) is 38.9 Å². The van der Waals surface area contributed by atoms with Gasteiger partial charge in [-0.1, -0.05) is 133 Å². The van der Waals surface area contributed by atoms with Crippen molar-refractivity contribution in [3.8, 4) is 56.2 Å². The summed E-state index contributed by atoms with van der Waals surface area (Å²) in [4.78, 5) is 10.3. The summed E-state index contributed by atoms with van der Waals surface area (Å²) in [6, 6.07) is 59.1. The minimum absolute atomic E-state index is 0.689. The van der Waals surface area contributed by atoms with E-state index < -0.39 is 0 Å². The molecule has 2 aromatic heterocycles. The molecule has 0 aliphatic carbocycles. The highest BCUT2D eigenvalue weighted by molar-refractivity contribution is 6.15.